The van der Waals surface area contributed by atoms with E-state index in [0.29, 0.717) is 5.75 Å². The molecule has 0 heterocycles. The van der Waals surface area contributed by atoms with Gasteiger partial charge in [-0.3, -0.25) is 9.59 Å². The first-order valence-corrected chi connectivity index (χ1v) is 7.56. The predicted octanol–water partition coefficient (Wildman–Crippen LogP) is 3.86. The van der Waals surface area contributed by atoms with Crippen LogP contribution in [0.15, 0.2) is 46.9 Å². The monoisotopic (exact) mass is 361 g/mol. The number of halogens is 1. The smallest absolute Gasteiger partial charge is 0.308 e. The molecule has 0 aliphatic rings. The summed E-state index contributed by atoms with van der Waals surface area (Å²) >= 11 is 3.35. The zero-order chi connectivity index (χ0) is 16.1. The highest BCUT2D eigenvalue weighted by molar-refractivity contribution is 9.10. The van der Waals surface area contributed by atoms with Gasteiger partial charge in [0, 0.05) is 17.1 Å². The largest absolute Gasteiger partial charge is 0.426 e. The van der Waals surface area contributed by atoms with Crippen LogP contribution in [0.4, 0.5) is 5.69 Å². The maximum Gasteiger partial charge on any atom is 0.308 e. The molecule has 5 heteroatoms. The minimum absolute atomic E-state index is 0.0954. The highest BCUT2D eigenvalue weighted by Crippen LogP contribution is 2.20. The Balaban J connectivity index is 2.01. The van der Waals surface area contributed by atoms with Crippen molar-refractivity contribution in [2.45, 2.75) is 20.3 Å². The maximum absolute atomic E-state index is 12.0. The van der Waals surface area contributed by atoms with Gasteiger partial charge in [-0.1, -0.05) is 28.1 Å². The second-order valence-corrected chi connectivity index (χ2v) is 5.84. The van der Waals surface area contributed by atoms with Gasteiger partial charge in [0.25, 0.3) is 0 Å². The molecule has 22 heavy (non-hydrogen) atoms. The van der Waals surface area contributed by atoms with Crippen molar-refractivity contribution in [3.8, 4) is 5.75 Å². The molecule has 0 aliphatic heterocycles. The molecule has 4 nitrogen and oxygen atoms in total. The SMILES string of the molecule is CC(=O)Oc1ccc(CC(=O)Nc2ccc(Br)cc2)cc1C. The van der Waals surface area contributed by atoms with Gasteiger partial charge < -0.3 is 10.1 Å². The Labute approximate surface area is 137 Å². The van der Waals surface area contributed by atoms with E-state index in [9.17, 15) is 9.59 Å². The van der Waals surface area contributed by atoms with E-state index in [1.165, 1.54) is 6.92 Å². The van der Waals surface area contributed by atoms with E-state index in [4.69, 9.17) is 4.74 Å². The van der Waals surface area contributed by atoms with E-state index in [0.717, 1.165) is 21.3 Å². The maximum atomic E-state index is 12.0. The van der Waals surface area contributed by atoms with Crippen LogP contribution in [0.5, 0.6) is 5.75 Å². The number of ether oxygens (including phenoxy) is 1. The van der Waals surface area contributed by atoms with E-state index in [-0.39, 0.29) is 18.3 Å². The fraction of sp³-hybridized carbons (Fsp3) is 0.176. The lowest BCUT2D eigenvalue weighted by Gasteiger charge is -2.09. The molecule has 0 atom stereocenters. The average molecular weight is 362 g/mol. The molecule has 0 spiro atoms. The molecule has 0 aromatic heterocycles. The highest BCUT2D eigenvalue weighted by Gasteiger charge is 2.08. The van der Waals surface area contributed by atoms with Gasteiger partial charge in [0.2, 0.25) is 5.91 Å². The quantitative estimate of drug-likeness (QED) is 0.664. The molecule has 1 N–H and O–H groups in total. The van der Waals surface area contributed by atoms with Crippen molar-refractivity contribution < 1.29 is 14.3 Å². The number of nitrogens with one attached hydrogen (secondary N) is 1. The molecule has 2 rings (SSSR count). The molecule has 0 bridgehead atoms. The summed E-state index contributed by atoms with van der Waals surface area (Å²) in [5, 5.41) is 2.84. The van der Waals surface area contributed by atoms with Crippen LogP contribution in [0, 0.1) is 6.92 Å². The molecule has 0 saturated heterocycles. The Morgan fingerprint density at radius 1 is 1.14 bits per heavy atom. The summed E-state index contributed by atoms with van der Waals surface area (Å²) in [6, 6.07) is 12.7. The molecule has 0 aliphatic carbocycles. The lowest BCUT2D eigenvalue weighted by Crippen LogP contribution is -2.14. The van der Waals surface area contributed by atoms with Crippen molar-refractivity contribution in [3.05, 3.63) is 58.1 Å². The number of benzene rings is 2. The first kappa shape index (κ1) is 16.2. The van der Waals surface area contributed by atoms with Crippen LogP contribution in [0.3, 0.4) is 0 Å². The Kier molecular flexibility index (Phi) is 5.33. The second-order valence-electron chi connectivity index (χ2n) is 4.93. The molecule has 0 fully saturated rings. The minimum Gasteiger partial charge on any atom is -0.426 e. The van der Waals surface area contributed by atoms with E-state index in [1.807, 2.05) is 37.3 Å². The Morgan fingerprint density at radius 3 is 2.41 bits per heavy atom. The first-order valence-electron chi connectivity index (χ1n) is 6.77. The number of aryl methyl sites for hydroxylation is 1. The number of esters is 1. The summed E-state index contributed by atoms with van der Waals surface area (Å²) in [5.41, 5.74) is 2.44. The summed E-state index contributed by atoms with van der Waals surface area (Å²) in [5.74, 6) is 0.0651. The minimum atomic E-state index is -0.358. The molecule has 114 valence electrons. The number of amides is 1. The molecule has 0 radical (unpaired) electrons. The summed E-state index contributed by atoms with van der Waals surface area (Å²) in [7, 11) is 0. The van der Waals surface area contributed by atoms with Crippen LogP contribution in [-0.2, 0) is 16.0 Å². The zero-order valence-corrected chi connectivity index (χ0v) is 13.9. The Morgan fingerprint density at radius 2 is 1.82 bits per heavy atom. The van der Waals surface area contributed by atoms with Gasteiger partial charge in [0.1, 0.15) is 5.75 Å². The lowest BCUT2D eigenvalue weighted by molar-refractivity contribution is -0.132. The van der Waals surface area contributed by atoms with Crippen molar-refractivity contribution in [2.75, 3.05) is 5.32 Å². The molecule has 1 amide bonds. The molecular weight excluding hydrogens is 346 g/mol. The zero-order valence-electron chi connectivity index (χ0n) is 12.4. The van der Waals surface area contributed by atoms with Crippen LogP contribution in [0.25, 0.3) is 0 Å². The highest BCUT2D eigenvalue weighted by atomic mass is 79.9. The van der Waals surface area contributed by atoms with Gasteiger partial charge in [-0.05, 0) is 48.4 Å². The summed E-state index contributed by atoms with van der Waals surface area (Å²) in [6.45, 7) is 3.20. The number of hydrogen-bond donors (Lipinski definition) is 1. The van der Waals surface area contributed by atoms with Crippen LogP contribution in [-0.4, -0.2) is 11.9 Å². The van der Waals surface area contributed by atoms with Crippen molar-refractivity contribution in [1.29, 1.82) is 0 Å². The van der Waals surface area contributed by atoms with Gasteiger partial charge >= 0.3 is 5.97 Å². The second kappa shape index (κ2) is 7.22. The van der Waals surface area contributed by atoms with Crippen LogP contribution >= 0.6 is 15.9 Å². The van der Waals surface area contributed by atoms with Crippen molar-refractivity contribution in [3.63, 3.8) is 0 Å². The van der Waals surface area contributed by atoms with Gasteiger partial charge in [-0.25, -0.2) is 0 Å². The van der Waals surface area contributed by atoms with Crippen LogP contribution in [0.2, 0.25) is 0 Å². The fourth-order valence-corrected chi connectivity index (χ4v) is 2.28. The number of rotatable bonds is 4. The molecule has 2 aromatic carbocycles. The van der Waals surface area contributed by atoms with Crippen molar-refractivity contribution >= 4 is 33.5 Å². The van der Waals surface area contributed by atoms with E-state index >= 15 is 0 Å². The normalized spacial score (nSPS) is 10.1. The fourth-order valence-electron chi connectivity index (χ4n) is 2.01. The summed E-state index contributed by atoms with van der Waals surface area (Å²) < 4.78 is 6.03. The molecular formula is C17H16BrNO3. The van der Waals surface area contributed by atoms with Crippen LogP contribution < -0.4 is 10.1 Å². The lowest BCUT2D eigenvalue weighted by atomic mass is 10.1. The predicted molar refractivity (Wildman–Crippen MR) is 89.0 cm³/mol. The Bertz CT molecular complexity index is 696. The summed E-state index contributed by atoms with van der Waals surface area (Å²) in [6.07, 6.45) is 0.261. The van der Waals surface area contributed by atoms with E-state index < -0.39 is 0 Å². The topological polar surface area (TPSA) is 55.4 Å². The van der Waals surface area contributed by atoms with E-state index in [1.54, 1.807) is 12.1 Å². The first-order chi connectivity index (χ1) is 10.4. The van der Waals surface area contributed by atoms with E-state index in [2.05, 4.69) is 21.2 Å². The van der Waals surface area contributed by atoms with Gasteiger partial charge in [0.15, 0.2) is 0 Å². The third-order valence-corrected chi connectivity index (χ3v) is 3.51. The van der Waals surface area contributed by atoms with Crippen molar-refractivity contribution in [1.82, 2.24) is 0 Å². The number of anilines is 1. The Hall–Kier alpha value is -2.14. The van der Waals surface area contributed by atoms with Gasteiger partial charge in [0.05, 0.1) is 6.42 Å². The third kappa shape index (κ3) is 4.70. The standard InChI is InChI=1S/C17H16BrNO3/c1-11-9-13(3-8-16(11)22-12(2)20)10-17(21)19-15-6-4-14(18)5-7-15/h3-9H,10H2,1-2H3,(H,19,21). The molecule has 0 saturated carbocycles. The molecule has 2 aromatic rings. The average Bonchev–Trinajstić information content (AvgIpc) is 2.44. The molecule has 0 unspecified atom stereocenters. The number of carbonyl (C=O) groups excluding carboxylic acids is 2. The van der Waals surface area contributed by atoms with Gasteiger partial charge in [-0.2, -0.15) is 0 Å². The van der Waals surface area contributed by atoms with Crippen LogP contribution in [0.1, 0.15) is 18.1 Å². The summed E-state index contributed by atoms with van der Waals surface area (Å²) in [4.78, 5) is 23.0. The van der Waals surface area contributed by atoms with Crippen molar-refractivity contribution in [2.24, 2.45) is 0 Å². The third-order valence-electron chi connectivity index (χ3n) is 2.99. The van der Waals surface area contributed by atoms with Gasteiger partial charge in [-0.15, -0.1) is 0 Å². The number of hydrogen-bond acceptors (Lipinski definition) is 3. The number of carbonyl (C=O) groups is 2.